The second-order valence-electron chi connectivity index (χ2n) is 11.2. The molecule has 0 bridgehead atoms. The van der Waals surface area contributed by atoms with Gasteiger partial charge < -0.3 is 45.8 Å². The first-order valence-electron chi connectivity index (χ1n) is 13.5. The maximum absolute atomic E-state index is 13.2. The van der Waals surface area contributed by atoms with E-state index in [-0.39, 0.29) is 101 Å². The summed E-state index contributed by atoms with van der Waals surface area (Å²) in [5.74, 6) is -1.03. The molecule has 0 fully saturated rings. The summed E-state index contributed by atoms with van der Waals surface area (Å²) in [6, 6.07) is 4.67. The normalized spacial score (nSPS) is 13.8. The summed E-state index contributed by atoms with van der Waals surface area (Å²) >= 11 is 12.1. The van der Waals surface area contributed by atoms with Crippen LogP contribution in [0.5, 0.6) is 0 Å². The fraction of sp³-hybridized carbons (Fsp3) is 0.640. The van der Waals surface area contributed by atoms with E-state index in [1.165, 1.54) is 6.92 Å². The second-order valence-corrected chi connectivity index (χ2v) is 16.0. The fourth-order valence-corrected chi connectivity index (χ4v) is 6.93. The van der Waals surface area contributed by atoms with Gasteiger partial charge in [-0.2, -0.15) is 9.28 Å². The molecule has 0 unspecified atom stereocenters. The van der Waals surface area contributed by atoms with E-state index in [4.69, 9.17) is 33.7 Å². The third-order valence-electron chi connectivity index (χ3n) is 6.57. The van der Waals surface area contributed by atoms with E-state index < -0.39 is 68.7 Å². The van der Waals surface area contributed by atoms with Crippen molar-refractivity contribution in [3.05, 3.63) is 29.8 Å². The first kappa shape index (κ1) is 48.5. The second kappa shape index (κ2) is 20.3. The molecular formula is C25H45Cl2N4Na2O11P2+. The van der Waals surface area contributed by atoms with E-state index in [2.05, 4.69) is 10.6 Å². The molecule has 256 valence electrons. The third-order valence-corrected chi connectivity index (χ3v) is 10.8. The van der Waals surface area contributed by atoms with Crippen molar-refractivity contribution >= 4 is 121 Å². The Labute approximate surface area is 323 Å². The molecule has 0 saturated heterocycles. The number of benzene rings is 1. The van der Waals surface area contributed by atoms with Crippen LogP contribution in [0.1, 0.15) is 46.1 Å². The van der Waals surface area contributed by atoms with Crippen LogP contribution in [0.25, 0.3) is 0 Å². The minimum absolute atomic E-state index is 0. The summed E-state index contributed by atoms with van der Waals surface area (Å²) in [5, 5.41) is 11.1. The minimum atomic E-state index is -5.60. The summed E-state index contributed by atoms with van der Waals surface area (Å²) in [6.07, 6.45) is -1.81. The van der Waals surface area contributed by atoms with Gasteiger partial charge in [0.1, 0.15) is 30.4 Å². The van der Waals surface area contributed by atoms with Crippen LogP contribution in [0.3, 0.4) is 0 Å². The molecule has 0 saturated carbocycles. The van der Waals surface area contributed by atoms with Crippen LogP contribution in [0.15, 0.2) is 24.3 Å². The van der Waals surface area contributed by atoms with Gasteiger partial charge in [-0.05, 0) is 46.1 Å². The number of rotatable bonds is 16. The maximum atomic E-state index is 13.2. The summed E-state index contributed by atoms with van der Waals surface area (Å²) in [5.41, 5.74) is 6.57. The van der Waals surface area contributed by atoms with Gasteiger partial charge in [0.05, 0.1) is 17.8 Å². The quantitative estimate of drug-likeness (QED) is 0.0375. The van der Waals surface area contributed by atoms with Crippen molar-refractivity contribution in [2.75, 3.05) is 31.4 Å². The number of halogens is 2. The van der Waals surface area contributed by atoms with Gasteiger partial charge in [-0.15, -0.1) is 23.2 Å². The van der Waals surface area contributed by atoms with Gasteiger partial charge >= 0.3 is 80.4 Å². The Balaban J connectivity index is 0. The predicted molar refractivity (Wildman–Crippen MR) is 181 cm³/mol. The SMILES string of the molecule is C[C@H](NC(=O)[C@@H](N)Cc1ccc([N+](CCCl)(CCCl)C(=O)OC(C)(C)C)cc1)C(=O)NCCCC(O)(P(=O)(O)O)P(=O)(O)O.[NaH].[NaH]. The number of carbonyl (C=O) groups excluding carboxylic acids is 3. The molecule has 9 N–H and O–H groups in total. The number of alkyl halides is 2. The van der Waals surface area contributed by atoms with Gasteiger partial charge in [0.15, 0.2) is 0 Å². The number of quaternary nitrogens is 1. The zero-order valence-electron chi connectivity index (χ0n) is 25.0. The average Bonchev–Trinajstić information content (AvgIpc) is 2.88. The predicted octanol–water partition coefficient (Wildman–Crippen LogP) is 0.382. The number of carbonyl (C=O) groups is 3. The Morgan fingerprint density at radius 1 is 0.957 bits per heavy atom. The van der Waals surface area contributed by atoms with Gasteiger partial charge in [-0.25, -0.2) is 0 Å². The van der Waals surface area contributed by atoms with E-state index in [0.717, 1.165) is 0 Å². The van der Waals surface area contributed by atoms with Crippen LogP contribution in [0.4, 0.5) is 10.5 Å². The monoisotopic (exact) mass is 755 g/mol. The Hall–Kier alpha value is 0.390. The molecular weight excluding hydrogens is 711 g/mol. The molecule has 1 aromatic carbocycles. The number of nitrogens with zero attached hydrogens (tertiary/aromatic N) is 1. The molecule has 0 heterocycles. The number of aliphatic hydroxyl groups is 1. The summed E-state index contributed by atoms with van der Waals surface area (Å²) in [6.45, 7) is 6.79. The van der Waals surface area contributed by atoms with Crippen LogP contribution in [0, 0.1) is 0 Å². The van der Waals surface area contributed by atoms with Gasteiger partial charge in [0.25, 0.3) is 5.08 Å². The summed E-state index contributed by atoms with van der Waals surface area (Å²) in [7, 11) is -11.2. The number of nitrogens with one attached hydrogen (secondary N) is 2. The molecule has 15 nitrogen and oxygen atoms in total. The van der Waals surface area contributed by atoms with Gasteiger partial charge in [0.2, 0.25) is 11.8 Å². The molecule has 0 aliphatic carbocycles. The van der Waals surface area contributed by atoms with Crippen molar-refractivity contribution in [2.24, 2.45) is 5.73 Å². The number of nitrogens with two attached hydrogens (primary N) is 1. The van der Waals surface area contributed by atoms with Gasteiger partial charge in [-0.3, -0.25) is 18.7 Å². The summed E-state index contributed by atoms with van der Waals surface area (Å²) < 4.78 is 28.2. The third kappa shape index (κ3) is 14.0. The van der Waals surface area contributed by atoms with Crippen molar-refractivity contribution in [1.82, 2.24) is 15.1 Å². The topological polar surface area (TPSA) is 246 Å². The van der Waals surface area contributed by atoms with E-state index in [1.54, 1.807) is 45.0 Å². The molecule has 0 aliphatic rings. The number of hydrogen-bond donors (Lipinski definition) is 8. The fourth-order valence-electron chi connectivity index (χ4n) is 4.10. The van der Waals surface area contributed by atoms with Gasteiger partial charge in [-0.1, -0.05) is 12.1 Å². The molecule has 21 heteroatoms. The van der Waals surface area contributed by atoms with Crippen molar-refractivity contribution in [3.63, 3.8) is 0 Å². The van der Waals surface area contributed by atoms with E-state index in [1.807, 2.05) is 0 Å². The molecule has 2 atom stereocenters. The number of amides is 3. The van der Waals surface area contributed by atoms with Crippen LogP contribution in [0.2, 0.25) is 0 Å². The van der Waals surface area contributed by atoms with Gasteiger partial charge in [0, 0.05) is 25.1 Å². The Morgan fingerprint density at radius 3 is 1.85 bits per heavy atom. The molecule has 3 amide bonds. The van der Waals surface area contributed by atoms with E-state index >= 15 is 0 Å². The first-order valence-corrected chi connectivity index (χ1v) is 17.8. The molecule has 0 radical (unpaired) electrons. The molecule has 0 aromatic heterocycles. The molecule has 46 heavy (non-hydrogen) atoms. The van der Waals surface area contributed by atoms with Crippen molar-refractivity contribution < 1.29 is 52.9 Å². The standard InChI is InChI=1S/C25H42Cl2N4O11P2.2Na.2H/c1-17(21(32)29-13-5-10-25(35,43(36,37)38)44(39,40)41)30-22(33)20(28)16-18-6-8-19(9-7-18)31(14-11-26,15-12-27)23(34)42-24(2,3)4;;;;/h6-9,17,20,35H,5,10-16,28H2,1-4H3,(H5-,29,30,32,33,36,37,38,39,40,41);;;;/p+1/t17-,20-;;;;/m0..../s1. The van der Waals surface area contributed by atoms with Crippen molar-refractivity contribution in [2.45, 2.75) is 69.7 Å². The van der Waals surface area contributed by atoms with Crippen molar-refractivity contribution in [1.29, 1.82) is 0 Å². The Morgan fingerprint density at radius 2 is 1.43 bits per heavy atom. The van der Waals surface area contributed by atoms with E-state index in [0.29, 0.717) is 11.3 Å². The molecule has 1 aromatic rings. The summed E-state index contributed by atoms with van der Waals surface area (Å²) in [4.78, 5) is 74.9. The first-order chi connectivity index (χ1) is 20.0. The van der Waals surface area contributed by atoms with Crippen LogP contribution < -0.4 is 20.9 Å². The number of hydrogen-bond acceptors (Lipinski definition) is 8. The number of ether oxygens (including phenoxy) is 1. The zero-order chi connectivity index (χ0) is 34.1. The molecule has 1 rings (SSSR count). The average molecular weight is 756 g/mol. The molecule has 0 spiro atoms. The van der Waals surface area contributed by atoms with E-state index in [9.17, 15) is 48.2 Å². The zero-order valence-corrected chi connectivity index (χ0v) is 28.3. The molecule has 0 aliphatic heterocycles. The Bertz CT molecular complexity index is 1220. The van der Waals surface area contributed by atoms with Crippen molar-refractivity contribution in [3.8, 4) is 0 Å². The Kier molecular flexibility index (Phi) is 21.4. The van der Waals surface area contributed by atoms with Crippen LogP contribution in [-0.4, -0.2) is 156 Å². The van der Waals surface area contributed by atoms with Crippen LogP contribution >= 0.6 is 38.4 Å². The van der Waals surface area contributed by atoms with Crippen LogP contribution in [-0.2, 0) is 29.9 Å².